The maximum atomic E-state index is 12.5. The number of nitrogens with zero attached hydrogens (tertiary/aromatic N) is 1. The Morgan fingerprint density at radius 1 is 1.26 bits per heavy atom. The van der Waals surface area contributed by atoms with Gasteiger partial charge >= 0.3 is 5.97 Å². The number of hydrogen-bond acceptors (Lipinski definition) is 4. The van der Waals surface area contributed by atoms with Gasteiger partial charge in [-0.2, -0.15) is 0 Å². The molecule has 0 aliphatic carbocycles. The number of amides is 2. The molecule has 2 fully saturated rings. The molecule has 0 aromatic carbocycles. The van der Waals surface area contributed by atoms with Crippen LogP contribution in [0.3, 0.4) is 0 Å². The van der Waals surface area contributed by atoms with E-state index in [2.05, 4.69) is 5.32 Å². The Morgan fingerprint density at radius 2 is 1.96 bits per heavy atom. The van der Waals surface area contributed by atoms with Crippen molar-refractivity contribution in [3.8, 4) is 0 Å². The minimum absolute atomic E-state index is 0.0242. The molecule has 130 valence electrons. The maximum absolute atomic E-state index is 12.5. The van der Waals surface area contributed by atoms with E-state index in [9.17, 15) is 19.5 Å². The third-order valence-corrected chi connectivity index (χ3v) is 4.93. The Labute approximate surface area is 136 Å². The zero-order valence-corrected chi connectivity index (χ0v) is 13.7. The van der Waals surface area contributed by atoms with Gasteiger partial charge in [0, 0.05) is 32.7 Å². The average molecular weight is 326 g/mol. The Morgan fingerprint density at radius 3 is 2.57 bits per heavy atom. The first-order valence-electron chi connectivity index (χ1n) is 8.38. The van der Waals surface area contributed by atoms with Crippen molar-refractivity contribution in [1.82, 2.24) is 10.2 Å². The second-order valence-electron chi connectivity index (χ2n) is 6.37. The van der Waals surface area contributed by atoms with E-state index in [1.54, 1.807) is 11.8 Å². The molecule has 2 saturated heterocycles. The van der Waals surface area contributed by atoms with Gasteiger partial charge in [0.05, 0.1) is 5.41 Å². The molecule has 1 unspecified atom stereocenters. The van der Waals surface area contributed by atoms with E-state index in [1.807, 2.05) is 0 Å². The molecule has 0 aromatic rings. The van der Waals surface area contributed by atoms with Gasteiger partial charge < -0.3 is 20.1 Å². The topological polar surface area (TPSA) is 95.9 Å². The maximum Gasteiger partial charge on any atom is 0.311 e. The third kappa shape index (κ3) is 4.02. The van der Waals surface area contributed by atoms with Gasteiger partial charge in [0.2, 0.25) is 11.8 Å². The zero-order chi connectivity index (χ0) is 16.9. The van der Waals surface area contributed by atoms with Gasteiger partial charge in [-0.25, -0.2) is 0 Å². The van der Waals surface area contributed by atoms with Crippen LogP contribution in [-0.2, 0) is 19.1 Å². The molecule has 0 radical (unpaired) electrons. The molecule has 2 aliphatic rings. The van der Waals surface area contributed by atoms with Crippen LogP contribution in [0.5, 0.6) is 0 Å². The highest BCUT2D eigenvalue weighted by Gasteiger charge is 2.41. The molecule has 0 spiro atoms. The predicted molar refractivity (Wildman–Crippen MR) is 82.8 cm³/mol. The van der Waals surface area contributed by atoms with Crippen molar-refractivity contribution in [2.75, 3.05) is 26.3 Å². The fraction of sp³-hybridized carbons (Fsp3) is 0.812. The summed E-state index contributed by atoms with van der Waals surface area (Å²) >= 11 is 0. The molecule has 7 heteroatoms. The fourth-order valence-electron chi connectivity index (χ4n) is 3.31. The quantitative estimate of drug-likeness (QED) is 0.778. The molecular formula is C16H26N2O5. The normalized spacial score (nSPS) is 24.0. The molecule has 0 saturated carbocycles. The molecule has 2 amide bonds. The number of carbonyl (C=O) groups excluding carboxylic acids is 2. The molecule has 2 aliphatic heterocycles. The molecule has 1 atom stereocenters. The predicted octanol–water partition coefficient (Wildman–Crippen LogP) is 0.775. The van der Waals surface area contributed by atoms with Crippen LogP contribution >= 0.6 is 0 Å². The number of ether oxygens (including phenoxy) is 1. The van der Waals surface area contributed by atoms with Gasteiger partial charge in [0.15, 0.2) is 0 Å². The van der Waals surface area contributed by atoms with Gasteiger partial charge in [-0.3, -0.25) is 14.4 Å². The van der Waals surface area contributed by atoms with E-state index in [-0.39, 0.29) is 18.4 Å². The Balaban J connectivity index is 1.99. The van der Waals surface area contributed by atoms with Crippen LogP contribution in [0.15, 0.2) is 0 Å². The summed E-state index contributed by atoms with van der Waals surface area (Å²) in [5, 5.41) is 12.3. The lowest BCUT2D eigenvalue weighted by Gasteiger charge is -2.37. The average Bonchev–Trinajstić information content (AvgIpc) is 2.59. The van der Waals surface area contributed by atoms with Crippen LogP contribution in [0.4, 0.5) is 0 Å². The van der Waals surface area contributed by atoms with Crippen molar-refractivity contribution in [3.63, 3.8) is 0 Å². The van der Waals surface area contributed by atoms with E-state index in [1.165, 1.54) is 0 Å². The van der Waals surface area contributed by atoms with E-state index in [0.29, 0.717) is 45.4 Å². The number of hydrogen-bond donors (Lipinski definition) is 2. The van der Waals surface area contributed by atoms with Crippen molar-refractivity contribution in [1.29, 1.82) is 0 Å². The highest BCUT2D eigenvalue weighted by molar-refractivity contribution is 5.88. The first-order valence-corrected chi connectivity index (χ1v) is 8.38. The SMILES string of the molecule is CCC(=O)N1CCCCC1C(=O)NCC1(C(=O)O)CCOCC1. The van der Waals surface area contributed by atoms with Gasteiger partial charge in [-0.1, -0.05) is 6.92 Å². The van der Waals surface area contributed by atoms with Crippen LogP contribution in [0.1, 0.15) is 45.4 Å². The molecule has 2 N–H and O–H groups in total. The van der Waals surface area contributed by atoms with Crippen molar-refractivity contribution >= 4 is 17.8 Å². The van der Waals surface area contributed by atoms with E-state index in [4.69, 9.17) is 4.74 Å². The summed E-state index contributed by atoms with van der Waals surface area (Å²) in [6, 6.07) is -0.470. The van der Waals surface area contributed by atoms with E-state index < -0.39 is 17.4 Å². The van der Waals surface area contributed by atoms with Crippen LogP contribution in [0.25, 0.3) is 0 Å². The number of rotatable bonds is 5. The summed E-state index contributed by atoms with van der Waals surface area (Å²) in [6.45, 7) is 3.27. The summed E-state index contributed by atoms with van der Waals surface area (Å²) in [4.78, 5) is 37.7. The number of nitrogens with one attached hydrogen (secondary N) is 1. The lowest BCUT2D eigenvalue weighted by atomic mass is 9.80. The number of likely N-dealkylation sites (tertiary alicyclic amines) is 1. The van der Waals surface area contributed by atoms with Crippen molar-refractivity contribution < 1.29 is 24.2 Å². The van der Waals surface area contributed by atoms with Gasteiger partial charge in [-0.15, -0.1) is 0 Å². The van der Waals surface area contributed by atoms with Gasteiger partial charge in [0.1, 0.15) is 6.04 Å². The Hall–Kier alpha value is -1.63. The number of piperidine rings is 1. The molecule has 23 heavy (non-hydrogen) atoms. The summed E-state index contributed by atoms with van der Waals surface area (Å²) < 4.78 is 5.23. The van der Waals surface area contributed by atoms with Crippen molar-refractivity contribution in [2.45, 2.75) is 51.5 Å². The molecule has 2 heterocycles. The lowest BCUT2D eigenvalue weighted by Crippen LogP contribution is -2.54. The first-order chi connectivity index (χ1) is 11.0. The van der Waals surface area contributed by atoms with E-state index >= 15 is 0 Å². The van der Waals surface area contributed by atoms with Crippen LogP contribution in [-0.4, -0.2) is 60.1 Å². The molecule has 2 rings (SSSR count). The monoisotopic (exact) mass is 326 g/mol. The van der Waals surface area contributed by atoms with Crippen molar-refractivity contribution in [2.24, 2.45) is 5.41 Å². The largest absolute Gasteiger partial charge is 0.481 e. The number of carbonyl (C=O) groups is 3. The number of carboxylic acids is 1. The zero-order valence-electron chi connectivity index (χ0n) is 13.7. The van der Waals surface area contributed by atoms with Crippen LogP contribution in [0.2, 0.25) is 0 Å². The Bertz CT molecular complexity index is 459. The number of aliphatic carboxylic acids is 1. The summed E-state index contributed by atoms with van der Waals surface area (Å²) in [5.74, 6) is -1.16. The second kappa shape index (κ2) is 7.77. The van der Waals surface area contributed by atoms with Gasteiger partial charge in [0.25, 0.3) is 0 Å². The second-order valence-corrected chi connectivity index (χ2v) is 6.37. The smallest absolute Gasteiger partial charge is 0.311 e. The Kier molecular flexibility index (Phi) is 5.98. The highest BCUT2D eigenvalue weighted by Crippen LogP contribution is 2.30. The molecule has 0 aromatic heterocycles. The summed E-state index contributed by atoms with van der Waals surface area (Å²) in [6.07, 6.45) is 3.62. The minimum Gasteiger partial charge on any atom is -0.481 e. The molecular weight excluding hydrogens is 300 g/mol. The molecule has 0 bridgehead atoms. The molecule has 7 nitrogen and oxygen atoms in total. The summed E-state index contributed by atoms with van der Waals surface area (Å²) in [7, 11) is 0. The number of carboxylic acid groups (broad SMARTS) is 1. The van der Waals surface area contributed by atoms with Gasteiger partial charge in [-0.05, 0) is 32.1 Å². The lowest BCUT2D eigenvalue weighted by molar-refractivity contribution is -0.155. The first kappa shape index (κ1) is 17.7. The highest BCUT2D eigenvalue weighted by atomic mass is 16.5. The van der Waals surface area contributed by atoms with Crippen molar-refractivity contribution in [3.05, 3.63) is 0 Å². The van der Waals surface area contributed by atoms with Crippen LogP contribution in [0, 0.1) is 5.41 Å². The van der Waals surface area contributed by atoms with E-state index in [0.717, 1.165) is 12.8 Å². The fourth-order valence-corrected chi connectivity index (χ4v) is 3.31. The minimum atomic E-state index is -0.956. The standard InChI is InChI=1S/C16H26N2O5/c1-2-13(19)18-8-4-3-5-12(18)14(20)17-11-16(15(21)22)6-9-23-10-7-16/h12H,2-11H2,1H3,(H,17,20)(H,21,22). The third-order valence-electron chi connectivity index (χ3n) is 4.93. The summed E-state index contributed by atoms with van der Waals surface area (Å²) in [5.41, 5.74) is -0.956. The van der Waals surface area contributed by atoms with Crippen LogP contribution < -0.4 is 5.32 Å².